The maximum absolute atomic E-state index is 13.3. The smallest absolute Gasteiger partial charge is 0.256 e. The number of hydrogen-bond donors (Lipinski definition) is 1. The van der Waals surface area contributed by atoms with Crippen LogP contribution in [0, 0.1) is 5.95 Å². The van der Waals surface area contributed by atoms with Crippen molar-refractivity contribution in [1.82, 2.24) is 15.3 Å². The third-order valence-electron chi connectivity index (χ3n) is 2.47. The molecular formula is C13H12FN3O2. The molecule has 1 amide bonds. The molecule has 2 aromatic heterocycles. The minimum absolute atomic E-state index is 0.0801. The average molecular weight is 261 g/mol. The maximum Gasteiger partial charge on any atom is 0.256 e. The van der Waals surface area contributed by atoms with E-state index in [-0.39, 0.29) is 12.1 Å². The number of nitrogens with one attached hydrogen (secondary N) is 1. The van der Waals surface area contributed by atoms with Crippen LogP contribution in [0.5, 0.6) is 5.88 Å². The number of methoxy groups -OCH3 is 1. The molecule has 0 saturated carbocycles. The van der Waals surface area contributed by atoms with E-state index < -0.39 is 11.9 Å². The van der Waals surface area contributed by atoms with Crippen LogP contribution in [0.4, 0.5) is 4.39 Å². The highest BCUT2D eigenvalue weighted by molar-refractivity contribution is 5.94. The monoisotopic (exact) mass is 261 g/mol. The summed E-state index contributed by atoms with van der Waals surface area (Å²) in [6.45, 7) is 0.256. The quantitative estimate of drug-likeness (QED) is 0.848. The molecule has 0 fully saturated rings. The first kappa shape index (κ1) is 12.9. The Labute approximate surface area is 109 Å². The average Bonchev–Trinajstić information content (AvgIpc) is 2.45. The Kier molecular flexibility index (Phi) is 4.02. The molecule has 0 radical (unpaired) electrons. The van der Waals surface area contributed by atoms with E-state index in [2.05, 4.69) is 15.3 Å². The van der Waals surface area contributed by atoms with E-state index in [0.717, 1.165) is 5.56 Å². The molecule has 1 N–H and O–H groups in total. The number of carbonyl (C=O) groups is 1. The molecule has 0 aliphatic rings. The van der Waals surface area contributed by atoms with E-state index in [1.54, 1.807) is 18.3 Å². The Balaban J connectivity index is 2.02. The second-order valence-corrected chi connectivity index (χ2v) is 3.73. The molecule has 0 spiro atoms. The van der Waals surface area contributed by atoms with Gasteiger partial charge in [0.15, 0.2) is 0 Å². The maximum atomic E-state index is 13.3. The number of rotatable bonds is 4. The summed E-state index contributed by atoms with van der Waals surface area (Å²) < 4.78 is 18.3. The van der Waals surface area contributed by atoms with Crippen molar-refractivity contribution in [3.05, 3.63) is 53.7 Å². The van der Waals surface area contributed by atoms with Crippen LogP contribution in [0.3, 0.4) is 0 Å². The molecule has 19 heavy (non-hydrogen) atoms. The van der Waals surface area contributed by atoms with Gasteiger partial charge in [-0.3, -0.25) is 4.79 Å². The highest BCUT2D eigenvalue weighted by atomic mass is 19.1. The van der Waals surface area contributed by atoms with Gasteiger partial charge in [0.2, 0.25) is 11.8 Å². The summed E-state index contributed by atoms with van der Waals surface area (Å²) in [6.07, 6.45) is 2.87. The summed E-state index contributed by atoms with van der Waals surface area (Å²) in [5.74, 6) is -0.840. The predicted octanol–water partition coefficient (Wildman–Crippen LogP) is 1.55. The molecule has 0 saturated heterocycles. The van der Waals surface area contributed by atoms with Crippen LogP contribution in [0.2, 0.25) is 0 Å². The van der Waals surface area contributed by atoms with Gasteiger partial charge in [0.1, 0.15) is 0 Å². The van der Waals surface area contributed by atoms with Gasteiger partial charge in [-0.2, -0.15) is 4.39 Å². The van der Waals surface area contributed by atoms with Crippen LogP contribution < -0.4 is 10.1 Å². The van der Waals surface area contributed by atoms with Gasteiger partial charge in [-0.25, -0.2) is 9.97 Å². The zero-order chi connectivity index (χ0) is 13.7. The molecule has 0 bridgehead atoms. The third kappa shape index (κ3) is 3.25. The van der Waals surface area contributed by atoms with Crippen LogP contribution in [0.25, 0.3) is 0 Å². The molecule has 2 rings (SSSR count). The van der Waals surface area contributed by atoms with E-state index in [9.17, 15) is 9.18 Å². The van der Waals surface area contributed by atoms with E-state index >= 15 is 0 Å². The van der Waals surface area contributed by atoms with Crippen LogP contribution >= 0.6 is 0 Å². The van der Waals surface area contributed by atoms with E-state index in [0.29, 0.717) is 5.88 Å². The number of halogens is 1. The first-order valence-corrected chi connectivity index (χ1v) is 5.58. The first-order chi connectivity index (χ1) is 9.20. The molecule has 0 aliphatic carbocycles. The summed E-state index contributed by atoms with van der Waals surface area (Å²) in [7, 11) is 1.51. The van der Waals surface area contributed by atoms with Crippen LogP contribution in [-0.2, 0) is 6.54 Å². The van der Waals surface area contributed by atoms with Crippen molar-refractivity contribution in [2.45, 2.75) is 6.54 Å². The molecule has 0 aromatic carbocycles. The minimum atomic E-state index is -0.785. The highest BCUT2D eigenvalue weighted by Crippen LogP contribution is 2.09. The van der Waals surface area contributed by atoms with Gasteiger partial charge < -0.3 is 10.1 Å². The van der Waals surface area contributed by atoms with E-state index in [1.165, 1.54) is 25.4 Å². The van der Waals surface area contributed by atoms with Crippen molar-refractivity contribution in [3.8, 4) is 5.88 Å². The Hall–Kier alpha value is -2.50. The highest BCUT2D eigenvalue weighted by Gasteiger charge is 2.11. The van der Waals surface area contributed by atoms with E-state index in [1.807, 2.05) is 0 Å². The molecule has 0 aliphatic heterocycles. The Bertz CT molecular complexity index is 590. The summed E-state index contributed by atoms with van der Waals surface area (Å²) in [6, 6.07) is 6.32. The molecule has 0 unspecified atom stereocenters. The molecule has 0 atom stereocenters. The molecule has 2 aromatic rings. The lowest BCUT2D eigenvalue weighted by molar-refractivity contribution is 0.0946. The van der Waals surface area contributed by atoms with Crippen LogP contribution in [0.1, 0.15) is 15.9 Å². The fraction of sp³-hybridized carbons (Fsp3) is 0.154. The second-order valence-electron chi connectivity index (χ2n) is 3.73. The minimum Gasteiger partial charge on any atom is -0.481 e. The number of carbonyl (C=O) groups excluding carboxylic acids is 1. The lowest BCUT2D eigenvalue weighted by Crippen LogP contribution is -2.24. The molecule has 5 nitrogen and oxygen atoms in total. The summed E-state index contributed by atoms with van der Waals surface area (Å²) >= 11 is 0. The SMILES string of the molecule is COc1cc(CNC(=O)c2cccnc2F)ccn1. The number of hydrogen-bond acceptors (Lipinski definition) is 4. The molecule has 2 heterocycles. The van der Waals surface area contributed by atoms with Gasteiger partial charge in [-0.1, -0.05) is 0 Å². The van der Waals surface area contributed by atoms with Crippen molar-refractivity contribution >= 4 is 5.91 Å². The summed E-state index contributed by atoms with van der Waals surface area (Å²) in [5.41, 5.74) is 0.730. The van der Waals surface area contributed by atoms with Crippen LogP contribution in [-0.4, -0.2) is 23.0 Å². The zero-order valence-corrected chi connectivity index (χ0v) is 10.3. The largest absolute Gasteiger partial charge is 0.481 e. The number of aromatic nitrogens is 2. The van der Waals surface area contributed by atoms with E-state index in [4.69, 9.17) is 4.74 Å². The van der Waals surface area contributed by atoms with Gasteiger partial charge >= 0.3 is 0 Å². The van der Waals surface area contributed by atoms with Crippen molar-refractivity contribution < 1.29 is 13.9 Å². The molecule has 6 heteroatoms. The zero-order valence-electron chi connectivity index (χ0n) is 10.3. The Morgan fingerprint density at radius 2 is 2.21 bits per heavy atom. The fourth-order valence-electron chi connectivity index (χ4n) is 1.51. The van der Waals surface area contributed by atoms with Gasteiger partial charge in [-0.15, -0.1) is 0 Å². The standard InChI is InChI=1S/C13H12FN3O2/c1-19-11-7-9(4-6-15-11)8-17-13(18)10-3-2-5-16-12(10)14/h2-7H,8H2,1H3,(H,17,18). The number of amides is 1. The number of ether oxygens (including phenoxy) is 1. The summed E-state index contributed by atoms with van der Waals surface area (Å²) in [4.78, 5) is 19.1. The van der Waals surface area contributed by atoms with Gasteiger partial charge in [0, 0.05) is 25.0 Å². The number of nitrogens with zero attached hydrogens (tertiary/aromatic N) is 2. The topological polar surface area (TPSA) is 64.1 Å². The van der Waals surface area contributed by atoms with Gasteiger partial charge in [0.25, 0.3) is 5.91 Å². The number of pyridine rings is 2. The lowest BCUT2D eigenvalue weighted by Gasteiger charge is -2.06. The second kappa shape index (κ2) is 5.90. The van der Waals surface area contributed by atoms with Gasteiger partial charge in [0.05, 0.1) is 12.7 Å². The van der Waals surface area contributed by atoms with Crippen molar-refractivity contribution in [2.24, 2.45) is 0 Å². The third-order valence-corrected chi connectivity index (χ3v) is 2.47. The van der Waals surface area contributed by atoms with Crippen molar-refractivity contribution in [1.29, 1.82) is 0 Å². The van der Waals surface area contributed by atoms with Crippen molar-refractivity contribution in [2.75, 3.05) is 7.11 Å². The Morgan fingerprint density at radius 3 is 2.95 bits per heavy atom. The predicted molar refractivity (Wildman–Crippen MR) is 66.2 cm³/mol. The summed E-state index contributed by atoms with van der Waals surface area (Å²) in [5, 5.41) is 2.61. The molecular weight excluding hydrogens is 249 g/mol. The molecule has 98 valence electrons. The van der Waals surface area contributed by atoms with Crippen molar-refractivity contribution in [3.63, 3.8) is 0 Å². The van der Waals surface area contributed by atoms with Gasteiger partial charge in [-0.05, 0) is 23.8 Å². The Morgan fingerprint density at radius 1 is 1.37 bits per heavy atom. The normalized spacial score (nSPS) is 10.0. The first-order valence-electron chi connectivity index (χ1n) is 5.58. The van der Waals surface area contributed by atoms with Crippen LogP contribution in [0.15, 0.2) is 36.7 Å². The lowest BCUT2D eigenvalue weighted by atomic mass is 10.2. The fourth-order valence-corrected chi connectivity index (χ4v) is 1.51.